The number of hydrogen-bond donors (Lipinski definition) is 3. The molecule has 1 aliphatic rings. The SMILES string of the molecule is CCNCc1cccc(NC(=O)c2cc(S(=O)(=O)NC3CC3)ccc2C)c1. The van der Waals surface area contributed by atoms with Gasteiger partial charge in [-0.2, -0.15) is 0 Å². The summed E-state index contributed by atoms with van der Waals surface area (Å²) in [7, 11) is -3.60. The Bertz CT molecular complexity index is 937. The number of benzene rings is 2. The van der Waals surface area contributed by atoms with E-state index in [1.165, 1.54) is 12.1 Å². The van der Waals surface area contributed by atoms with Gasteiger partial charge in [0.25, 0.3) is 5.91 Å². The highest BCUT2D eigenvalue weighted by atomic mass is 32.2. The second kappa shape index (κ2) is 8.21. The van der Waals surface area contributed by atoms with Crippen molar-refractivity contribution in [1.29, 1.82) is 0 Å². The van der Waals surface area contributed by atoms with Crippen molar-refractivity contribution in [3.63, 3.8) is 0 Å². The maximum absolute atomic E-state index is 12.7. The first-order valence-electron chi connectivity index (χ1n) is 9.13. The fraction of sp³-hybridized carbons (Fsp3) is 0.350. The van der Waals surface area contributed by atoms with Crippen molar-refractivity contribution >= 4 is 21.6 Å². The van der Waals surface area contributed by atoms with Crippen LogP contribution >= 0.6 is 0 Å². The first-order chi connectivity index (χ1) is 12.9. The van der Waals surface area contributed by atoms with Gasteiger partial charge in [0.2, 0.25) is 10.0 Å². The normalized spacial score (nSPS) is 14.1. The zero-order valence-electron chi connectivity index (χ0n) is 15.6. The smallest absolute Gasteiger partial charge is 0.255 e. The molecular weight excluding hydrogens is 362 g/mol. The van der Waals surface area contributed by atoms with Gasteiger partial charge in [-0.25, -0.2) is 13.1 Å². The number of carbonyl (C=O) groups excluding carboxylic acids is 1. The highest BCUT2D eigenvalue weighted by Crippen LogP contribution is 2.23. The molecule has 3 N–H and O–H groups in total. The zero-order valence-corrected chi connectivity index (χ0v) is 16.4. The maximum atomic E-state index is 12.7. The Morgan fingerprint density at radius 2 is 1.93 bits per heavy atom. The number of nitrogens with one attached hydrogen (secondary N) is 3. The first kappa shape index (κ1) is 19.5. The van der Waals surface area contributed by atoms with Gasteiger partial charge in [0.1, 0.15) is 0 Å². The number of hydrogen-bond acceptors (Lipinski definition) is 4. The Morgan fingerprint density at radius 1 is 1.15 bits per heavy atom. The molecule has 144 valence electrons. The molecule has 0 aliphatic heterocycles. The summed E-state index contributed by atoms with van der Waals surface area (Å²) in [5.74, 6) is -0.323. The van der Waals surface area contributed by atoms with Crippen LogP contribution in [-0.4, -0.2) is 26.9 Å². The second-order valence-corrected chi connectivity index (χ2v) is 8.52. The minimum atomic E-state index is -3.60. The van der Waals surface area contributed by atoms with Gasteiger partial charge in [0.15, 0.2) is 0 Å². The van der Waals surface area contributed by atoms with Gasteiger partial charge in [-0.3, -0.25) is 4.79 Å². The largest absolute Gasteiger partial charge is 0.322 e. The quantitative estimate of drug-likeness (QED) is 0.650. The minimum absolute atomic E-state index is 0.0213. The van der Waals surface area contributed by atoms with Gasteiger partial charge in [0, 0.05) is 23.8 Å². The van der Waals surface area contributed by atoms with Crippen molar-refractivity contribution in [2.45, 2.75) is 44.2 Å². The molecule has 7 heteroatoms. The number of amides is 1. The van der Waals surface area contributed by atoms with E-state index in [-0.39, 0.29) is 16.8 Å². The summed E-state index contributed by atoms with van der Waals surface area (Å²) in [6.45, 7) is 5.42. The average molecular weight is 388 g/mol. The summed E-state index contributed by atoms with van der Waals surface area (Å²) in [5.41, 5.74) is 2.82. The molecule has 6 nitrogen and oxygen atoms in total. The van der Waals surface area contributed by atoms with Crippen LogP contribution < -0.4 is 15.4 Å². The molecular formula is C20H25N3O3S. The first-order valence-corrected chi connectivity index (χ1v) is 10.6. The van der Waals surface area contributed by atoms with Crippen LogP contribution in [0.4, 0.5) is 5.69 Å². The van der Waals surface area contributed by atoms with Crippen molar-refractivity contribution in [2.75, 3.05) is 11.9 Å². The lowest BCUT2D eigenvalue weighted by Gasteiger charge is -2.12. The van der Waals surface area contributed by atoms with Crippen molar-refractivity contribution < 1.29 is 13.2 Å². The third kappa shape index (κ3) is 5.15. The van der Waals surface area contributed by atoms with E-state index in [0.717, 1.165) is 37.1 Å². The van der Waals surface area contributed by atoms with Crippen LogP contribution in [0.1, 0.15) is 41.3 Å². The zero-order chi connectivity index (χ0) is 19.4. The van der Waals surface area contributed by atoms with Crippen LogP contribution in [0.3, 0.4) is 0 Å². The van der Waals surface area contributed by atoms with Gasteiger partial charge < -0.3 is 10.6 Å². The number of carbonyl (C=O) groups is 1. The molecule has 3 rings (SSSR count). The highest BCUT2D eigenvalue weighted by Gasteiger charge is 2.28. The molecule has 0 heterocycles. The van der Waals surface area contributed by atoms with Gasteiger partial charge in [-0.05, 0) is 61.7 Å². The Balaban J connectivity index is 1.79. The molecule has 0 unspecified atom stereocenters. The molecule has 0 saturated heterocycles. The topological polar surface area (TPSA) is 87.3 Å². The van der Waals surface area contributed by atoms with E-state index in [4.69, 9.17) is 0 Å². The van der Waals surface area contributed by atoms with Crippen molar-refractivity contribution in [3.05, 3.63) is 59.2 Å². The van der Waals surface area contributed by atoms with E-state index in [1.807, 2.05) is 31.2 Å². The van der Waals surface area contributed by atoms with E-state index >= 15 is 0 Å². The van der Waals surface area contributed by atoms with E-state index in [2.05, 4.69) is 15.4 Å². The summed E-state index contributed by atoms with van der Waals surface area (Å²) in [6, 6.07) is 12.3. The lowest BCUT2D eigenvalue weighted by atomic mass is 10.1. The lowest BCUT2D eigenvalue weighted by molar-refractivity contribution is 0.102. The molecule has 0 spiro atoms. The molecule has 1 fully saturated rings. The van der Waals surface area contributed by atoms with Gasteiger partial charge >= 0.3 is 0 Å². The van der Waals surface area contributed by atoms with Gasteiger partial charge in [0.05, 0.1) is 4.90 Å². The molecule has 0 radical (unpaired) electrons. The van der Waals surface area contributed by atoms with E-state index in [1.54, 1.807) is 13.0 Å². The monoisotopic (exact) mass is 387 g/mol. The molecule has 1 aliphatic carbocycles. The minimum Gasteiger partial charge on any atom is -0.322 e. The molecule has 1 saturated carbocycles. The predicted molar refractivity (Wildman–Crippen MR) is 106 cm³/mol. The highest BCUT2D eigenvalue weighted by molar-refractivity contribution is 7.89. The maximum Gasteiger partial charge on any atom is 0.255 e. The third-order valence-corrected chi connectivity index (χ3v) is 5.95. The van der Waals surface area contributed by atoms with E-state index in [9.17, 15) is 13.2 Å². The molecule has 0 bridgehead atoms. The van der Waals surface area contributed by atoms with E-state index in [0.29, 0.717) is 11.3 Å². The summed E-state index contributed by atoms with van der Waals surface area (Å²) < 4.78 is 27.5. The summed E-state index contributed by atoms with van der Waals surface area (Å²) in [5, 5.41) is 6.11. The van der Waals surface area contributed by atoms with Crippen molar-refractivity contribution in [1.82, 2.24) is 10.0 Å². The Labute approximate surface area is 160 Å². The lowest BCUT2D eigenvalue weighted by Crippen LogP contribution is -2.26. The third-order valence-electron chi connectivity index (χ3n) is 4.43. The molecule has 2 aromatic carbocycles. The fourth-order valence-electron chi connectivity index (χ4n) is 2.73. The van der Waals surface area contributed by atoms with Crippen molar-refractivity contribution in [3.8, 4) is 0 Å². The van der Waals surface area contributed by atoms with Crippen LogP contribution in [0.25, 0.3) is 0 Å². The molecule has 2 aromatic rings. The molecule has 0 atom stereocenters. The van der Waals surface area contributed by atoms with Crippen LogP contribution in [-0.2, 0) is 16.6 Å². The number of sulfonamides is 1. The van der Waals surface area contributed by atoms with Gasteiger partial charge in [-0.15, -0.1) is 0 Å². The molecule has 0 aromatic heterocycles. The van der Waals surface area contributed by atoms with Crippen LogP contribution in [0, 0.1) is 6.92 Å². The predicted octanol–water partition coefficient (Wildman–Crippen LogP) is 2.80. The molecule has 27 heavy (non-hydrogen) atoms. The average Bonchev–Trinajstić information content (AvgIpc) is 3.43. The number of rotatable bonds is 8. The van der Waals surface area contributed by atoms with Crippen molar-refractivity contribution in [2.24, 2.45) is 0 Å². The summed E-state index contributed by atoms with van der Waals surface area (Å²) >= 11 is 0. The van der Waals surface area contributed by atoms with Crippen LogP contribution in [0.5, 0.6) is 0 Å². The summed E-state index contributed by atoms with van der Waals surface area (Å²) in [4.78, 5) is 12.8. The van der Waals surface area contributed by atoms with Gasteiger partial charge in [-0.1, -0.05) is 25.1 Å². The number of anilines is 1. The fourth-order valence-corrected chi connectivity index (χ4v) is 4.06. The Hall–Kier alpha value is -2.22. The van der Waals surface area contributed by atoms with Crippen LogP contribution in [0.2, 0.25) is 0 Å². The van der Waals surface area contributed by atoms with E-state index < -0.39 is 10.0 Å². The number of aryl methyl sites for hydroxylation is 1. The Kier molecular flexibility index (Phi) is 5.94. The standard InChI is InChI=1S/C20H25N3O3S/c1-3-21-13-15-5-4-6-17(11-15)22-20(24)19-12-18(10-7-14(19)2)27(25,26)23-16-8-9-16/h4-7,10-12,16,21,23H,3,8-9,13H2,1-2H3,(H,22,24). The molecule has 1 amide bonds. The van der Waals surface area contributed by atoms with Crippen LogP contribution in [0.15, 0.2) is 47.4 Å². The Morgan fingerprint density at radius 3 is 2.63 bits per heavy atom. The summed E-state index contributed by atoms with van der Waals surface area (Å²) in [6.07, 6.45) is 1.73. The second-order valence-electron chi connectivity index (χ2n) is 6.81.